The zero-order valence-corrected chi connectivity index (χ0v) is 8.48. The minimum absolute atomic E-state index is 0.0181. The molecule has 0 aliphatic heterocycles. The van der Waals surface area contributed by atoms with Crippen molar-refractivity contribution in [3.63, 3.8) is 0 Å². The van der Waals surface area contributed by atoms with Crippen molar-refractivity contribution in [2.24, 2.45) is 5.41 Å². The normalized spacial score (nSPS) is 10.6. The van der Waals surface area contributed by atoms with Crippen molar-refractivity contribution >= 4 is 17.5 Å². The molecule has 0 spiro atoms. The molecule has 0 heterocycles. The molecule has 0 saturated heterocycles. The Labute approximate surface area is 78.9 Å². The van der Waals surface area contributed by atoms with Gasteiger partial charge in [-0.25, -0.2) is 0 Å². The van der Waals surface area contributed by atoms with Crippen molar-refractivity contribution in [2.45, 2.75) is 13.8 Å². The second kappa shape index (κ2) is 4.37. The van der Waals surface area contributed by atoms with E-state index in [1.807, 2.05) is 0 Å². The van der Waals surface area contributed by atoms with Gasteiger partial charge in [0.2, 0.25) is 5.91 Å². The van der Waals surface area contributed by atoms with Crippen molar-refractivity contribution in [3.05, 3.63) is 0 Å². The molecule has 0 aliphatic rings. The molecule has 12 heavy (non-hydrogen) atoms. The Morgan fingerprint density at radius 2 is 2.17 bits per heavy atom. The van der Waals surface area contributed by atoms with Gasteiger partial charge >= 0.3 is 0 Å². The highest BCUT2D eigenvalue weighted by molar-refractivity contribution is 6.19. The lowest BCUT2D eigenvalue weighted by atomic mass is 9.94. The topological polar surface area (TPSA) is 20.3 Å². The molecule has 0 fully saturated rings. The minimum Gasteiger partial charge on any atom is -0.334 e. The Balaban J connectivity index is 4.30. The maximum atomic E-state index is 11.5. The van der Waals surface area contributed by atoms with Crippen molar-refractivity contribution in [1.29, 1.82) is 0 Å². The monoisotopic (exact) mass is 187 g/mol. The summed E-state index contributed by atoms with van der Waals surface area (Å²) in [5.41, 5.74) is -0.521. The van der Waals surface area contributed by atoms with Crippen molar-refractivity contribution in [2.75, 3.05) is 19.5 Å². The van der Waals surface area contributed by atoms with Crippen LogP contribution in [0, 0.1) is 17.8 Å². The Hall–Kier alpha value is -0.680. The van der Waals surface area contributed by atoms with Crippen LogP contribution in [0.5, 0.6) is 0 Å². The molecule has 0 aromatic rings. The number of rotatable bonds is 3. The summed E-state index contributed by atoms with van der Waals surface area (Å²) >= 11 is 5.63. The summed E-state index contributed by atoms with van der Waals surface area (Å²) in [5, 5.41) is 0. The van der Waals surface area contributed by atoms with E-state index in [9.17, 15) is 4.79 Å². The van der Waals surface area contributed by atoms with Gasteiger partial charge in [0.05, 0.1) is 12.0 Å². The Morgan fingerprint density at radius 3 is 2.50 bits per heavy atom. The number of terminal acetylenes is 1. The second-order valence-electron chi connectivity index (χ2n) is 3.38. The van der Waals surface area contributed by atoms with E-state index >= 15 is 0 Å². The summed E-state index contributed by atoms with van der Waals surface area (Å²) in [5.74, 6) is 2.69. The zero-order valence-electron chi connectivity index (χ0n) is 7.72. The molecule has 0 saturated carbocycles. The van der Waals surface area contributed by atoms with E-state index in [0.29, 0.717) is 12.4 Å². The Bertz CT molecular complexity index is 205. The van der Waals surface area contributed by atoms with Gasteiger partial charge in [0, 0.05) is 12.9 Å². The van der Waals surface area contributed by atoms with Crippen molar-refractivity contribution in [3.8, 4) is 12.3 Å². The number of amides is 1. The molecule has 3 heteroatoms. The average molecular weight is 188 g/mol. The van der Waals surface area contributed by atoms with E-state index in [-0.39, 0.29) is 5.91 Å². The van der Waals surface area contributed by atoms with E-state index in [2.05, 4.69) is 5.92 Å². The molecule has 0 bridgehead atoms. The van der Waals surface area contributed by atoms with Crippen LogP contribution < -0.4 is 0 Å². The number of alkyl halides is 1. The summed E-state index contributed by atoms with van der Waals surface area (Å²) in [4.78, 5) is 13.0. The van der Waals surface area contributed by atoms with Gasteiger partial charge in [-0.15, -0.1) is 18.0 Å². The van der Waals surface area contributed by atoms with E-state index in [1.165, 1.54) is 4.90 Å². The zero-order chi connectivity index (χ0) is 9.78. The van der Waals surface area contributed by atoms with Crippen molar-refractivity contribution < 1.29 is 4.79 Å². The van der Waals surface area contributed by atoms with Crippen LogP contribution >= 0.6 is 11.6 Å². The quantitative estimate of drug-likeness (QED) is 0.483. The molecule has 0 rings (SSSR count). The van der Waals surface area contributed by atoms with Crippen LogP contribution in [-0.4, -0.2) is 30.3 Å². The fourth-order valence-electron chi connectivity index (χ4n) is 0.783. The number of carbonyl (C=O) groups excluding carboxylic acids is 1. The van der Waals surface area contributed by atoms with Crippen LogP contribution in [0.1, 0.15) is 13.8 Å². The average Bonchev–Trinajstić information content (AvgIpc) is 2.03. The van der Waals surface area contributed by atoms with Gasteiger partial charge in [0.25, 0.3) is 0 Å². The smallest absolute Gasteiger partial charge is 0.229 e. The lowest BCUT2D eigenvalue weighted by Gasteiger charge is -2.25. The van der Waals surface area contributed by atoms with E-state index < -0.39 is 5.41 Å². The largest absolute Gasteiger partial charge is 0.334 e. The van der Waals surface area contributed by atoms with Crippen LogP contribution in [0.25, 0.3) is 0 Å². The van der Waals surface area contributed by atoms with Crippen LogP contribution in [-0.2, 0) is 4.79 Å². The Kier molecular flexibility index (Phi) is 4.12. The van der Waals surface area contributed by atoms with E-state index in [0.717, 1.165) is 0 Å². The lowest BCUT2D eigenvalue weighted by Crippen LogP contribution is -2.39. The maximum absolute atomic E-state index is 11.5. The Morgan fingerprint density at radius 1 is 1.67 bits per heavy atom. The molecule has 0 aromatic carbocycles. The molecule has 0 N–H and O–H groups in total. The number of nitrogens with zero attached hydrogens (tertiary/aromatic N) is 1. The first-order valence-electron chi connectivity index (χ1n) is 3.70. The van der Waals surface area contributed by atoms with Gasteiger partial charge in [-0.2, -0.15) is 0 Å². The molecular formula is C9H14ClNO. The third-order valence-corrected chi connectivity index (χ3v) is 2.26. The van der Waals surface area contributed by atoms with E-state index in [4.69, 9.17) is 18.0 Å². The molecule has 68 valence electrons. The molecular weight excluding hydrogens is 174 g/mol. The summed E-state index contributed by atoms with van der Waals surface area (Å²) in [7, 11) is 1.68. The molecule has 0 aliphatic carbocycles. The van der Waals surface area contributed by atoms with Gasteiger partial charge < -0.3 is 4.90 Å². The summed E-state index contributed by atoms with van der Waals surface area (Å²) in [6.45, 7) is 3.93. The number of carbonyl (C=O) groups is 1. The summed E-state index contributed by atoms with van der Waals surface area (Å²) in [6, 6.07) is 0. The first-order chi connectivity index (χ1) is 5.45. The number of halogens is 1. The van der Waals surface area contributed by atoms with Gasteiger partial charge in [-0.05, 0) is 13.8 Å². The summed E-state index contributed by atoms with van der Waals surface area (Å²) in [6.07, 6.45) is 5.08. The number of hydrogen-bond acceptors (Lipinski definition) is 1. The molecule has 0 unspecified atom stereocenters. The van der Waals surface area contributed by atoms with Crippen LogP contribution in [0.4, 0.5) is 0 Å². The fourth-order valence-corrected chi connectivity index (χ4v) is 0.897. The third-order valence-electron chi connectivity index (χ3n) is 1.59. The van der Waals surface area contributed by atoms with Crippen molar-refractivity contribution in [1.82, 2.24) is 4.90 Å². The van der Waals surface area contributed by atoms with Gasteiger partial charge in [-0.1, -0.05) is 5.92 Å². The minimum atomic E-state index is -0.521. The fraction of sp³-hybridized carbons (Fsp3) is 0.667. The molecule has 0 aromatic heterocycles. The predicted octanol–water partition coefficient (Wildman–Crippen LogP) is 1.34. The lowest BCUT2D eigenvalue weighted by molar-refractivity contribution is -0.137. The van der Waals surface area contributed by atoms with Crippen LogP contribution in [0.3, 0.4) is 0 Å². The van der Waals surface area contributed by atoms with Crippen LogP contribution in [0.2, 0.25) is 0 Å². The first-order valence-corrected chi connectivity index (χ1v) is 4.24. The van der Waals surface area contributed by atoms with Gasteiger partial charge in [0.1, 0.15) is 0 Å². The van der Waals surface area contributed by atoms with Gasteiger partial charge in [-0.3, -0.25) is 4.79 Å². The summed E-state index contributed by atoms with van der Waals surface area (Å²) < 4.78 is 0. The maximum Gasteiger partial charge on any atom is 0.229 e. The third kappa shape index (κ3) is 2.75. The predicted molar refractivity (Wildman–Crippen MR) is 51.0 cm³/mol. The first kappa shape index (κ1) is 11.3. The van der Waals surface area contributed by atoms with Gasteiger partial charge in [0.15, 0.2) is 0 Å². The molecule has 0 radical (unpaired) electrons. The standard InChI is InChI=1S/C9H14ClNO/c1-5-6-11(4)8(12)9(2,3)7-10/h1H,6-7H2,2-4H3. The SMILES string of the molecule is C#CCN(C)C(=O)C(C)(C)CCl. The molecule has 2 nitrogen and oxygen atoms in total. The highest BCUT2D eigenvalue weighted by Crippen LogP contribution is 2.19. The molecule has 1 amide bonds. The highest BCUT2D eigenvalue weighted by atomic mass is 35.5. The van der Waals surface area contributed by atoms with E-state index in [1.54, 1.807) is 20.9 Å². The molecule has 0 atom stereocenters. The number of hydrogen-bond donors (Lipinski definition) is 0. The highest BCUT2D eigenvalue weighted by Gasteiger charge is 2.28. The second-order valence-corrected chi connectivity index (χ2v) is 3.65. The van der Waals surface area contributed by atoms with Crippen LogP contribution in [0.15, 0.2) is 0 Å².